The first-order valence-electron chi connectivity index (χ1n) is 6.67. The average molecular weight is 355 g/mol. The highest BCUT2D eigenvalue weighted by atomic mass is 35.5. The van der Waals surface area contributed by atoms with Crippen molar-refractivity contribution < 1.29 is 9.72 Å². The second kappa shape index (κ2) is 6.93. The maximum atomic E-state index is 12.6. The van der Waals surface area contributed by atoms with E-state index in [-0.39, 0.29) is 18.1 Å². The molecule has 0 aliphatic rings. The van der Waals surface area contributed by atoms with E-state index >= 15 is 0 Å². The van der Waals surface area contributed by atoms with E-state index in [0.717, 1.165) is 0 Å². The second-order valence-corrected chi connectivity index (χ2v) is 6.10. The van der Waals surface area contributed by atoms with Crippen molar-refractivity contribution in [1.82, 2.24) is 9.27 Å². The van der Waals surface area contributed by atoms with E-state index in [4.69, 9.17) is 11.6 Å². The summed E-state index contributed by atoms with van der Waals surface area (Å²) < 4.78 is 4.17. The number of aromatic nitrogens is 1. The number of non-ortho nitro benzene ring substituents is 1. The third kappa shape index (κ3) is 3.59. The van der Waals surface area contributed by atoms with Crippen LogP contribution in [0.2, 0.25) is 5.02 Å². The van der Waals surface area contributed by atoms with Gasteiger partial charge in [-0.2, -0.15) is 4.37 Å². The molecule has 1 aromatic heterocycles. The molecular formula is C14H15ClN4O3S. The Morgan fingerprint density at radius 2 is 2.22 bits per heavy atom. The predicted octanol–water partition coefficient (Wildman–Crippen LogP) is 3.33. The zero-order valence-electron chi connectivity index (χ0n) is 12.8. The Morgan fingerprint density at radius 1 is 1.52 bits per heavy atom. The molecule has 0 atom stereocenters. The molecule has 0 aliphatic carbocycles. The zero-order chi connectivity index (χ0) is 17.1. The van der Waals surface area contributed by atoms with E-state index in [0.29, 0.717) is 26.8 Å². The quantitative estimate of drug-likeness (QED) is 0.657. The summed E-state index contributed by atoms with van der Waals surface area (Å²) in [6.07, 6.45) is 0. The molecule has 0 fully saturated rings. The van der Waals surface area contributed by atoms with Crippen LogP contribution < -0.4 is 5.32 Å². The van der Waals surface area contributed by atoms with Crippen LogP contribution in [0.1, 0.15) is 21.6 Å². The first-order chi connectivity index (χ1) is 10.8. The molecule has 1 amide bonds. The van der Waals surface area contributed by atoms with E-state index < -0.39 is 4.92 Å². The van der Waals surface area contributed by atoms with Gasteiger partial charge in [-0.3, -0.25) is 14.9 Å². The number of nitrogens with one attached hydrogen (secondary N) is 1. The van der Waals surface area contributed by atoms with Crippen molar-refractivity contribution in [3.05, 3.63) is 50.2 Å². The van der Waals surface area contributed by atoms with Crippen molar-refractivity contribution in [3.8, 4) is 0 Å². The van der Waals surface area contributed by atoms with Crippen molar-refractivity contribution in [1.29, 1.82) is 0 Å². The van der Waals surface area contributed by atoms with Crippen LogP contribution in [-0.4, -0.2) is 34.2 Å². The third-order valence-electron chi connectivity index (χ3n) is 3.30. The van der Waals surface area contributed by atoms with Gasteiger partial charge in [0, 0.05) is 37.8 Å². The lowest BCUT2D eigenvalue weighted by atomic mass is 10.1. The van der Waals surface area contributed by atoms with Crippen molar-refractivity contribution in [2.45, 2.75) is 13.5 Å². The number of hydrogen-bond donors (Lipinski definition) is 1. The predicted molar refractivity (Wildman–Crippen MR) is 90.3 cm³/mol. The lowest BCUT2D eigenvalue weighted by molar-refractivity contribution is -0.384. The largest absolute Gasteiger partial charge is 0.378 e. The summed E-state index contributed by atoms with van der Waals surface area (Å²) in [4.78, 5) is 24.5. The molecule has 1 heterocycles. The summed E-state index contributed by atoms with van der Waals surface area (Å²) in [5.74, 6) is -0.219. The van der Waals surface area contributed by atoms with Gasteiger partial charge in [-0.25, -0.2) is 0 Å². The topological polar surface area (TPSA) is 88.4 Å². The monoisotopic (exact) mass is 354 g/mol. The molecule has 1 aromatic carbocycles. The second-order valence-electron chi connectivity index (χ2n) is 4.92. The number of hydrogen-bond acceptors (Lipinski definition) is 6. The Labute approximate surface area is 142 Å². The van der Waals surface area contributed by atoms with Gasteiger partial charge in [-0.05, 0) is 30.1 Å². The highest BCUT2D eigenvalue weighted by Gasteiger charge is 2.22. The van der Waals surface area contributed by atoms with Gasteiger partial charge in [-0.15, -0.1) is 0 Å². The minimum absolute atomic E-state index is 0.0606. The molecule has 0 saturated carbocycles. The third-order valence-corrected chi connectivity index (χ3v) is 4.62. The minimum atomic E-state index is -0.492. The van der Waals surface area contributed by atoms with Gasteiger partial charge in [0.1, 0.15) is 5.00 Å². The SMILES string of the molecule is CNc1snc(C)c1C(=O)N(C)Cc1cc([N+](=O)[O-])ccc1Cl. The van der Waals surface area contributed by atoms with E-state index in [1.54, 1.807) is 21.0 Å². The molecule has 23 heavy (non-hydrogen) atoms. The van der Waals surface area contributed by atoms with Crippen LogP contribution in [0.5, 0.6) is 0 Å². The van der Waals surface area contributed by atoms with Gasteiger partial charge >= 0.3 is 0 Å². The van der Waals surface area contributed by atoms with Gasteiger partial charge in [0.05, 0.1) is 16.2 Å². The Bertz CT molecular complexity index is 762. The maximum absolute atomic E-state index is 12.6. The molecule has 9 heteroatoms. The first kappa shape index (κ1) is 17.2. The molecule has 0 bridgehead atoms. The molecule has 7 nitrogen and oxygen atoms in total. The summed E-state index contributed by atoms with van der Waals surface area (Å²) in [5, 5.41) is 14.9. The van der Waals surface area contributed by atoms with Crippen LogP contribution in [0.3, 0.4) is 0 Å². The lowest BCUT2D eigenvalue weighted by Crippen LogP contribution is -2.27. The van der Waals surface area contributed by atoms with Gasteiger partial charge in [0.2, 0.25) is 0 Å². The number of carbonyl (C=O) groups is 1. The molecule has 2 rings (SSSR count). The van der Waals surface area contributed by atoms with Crippen molar-refractivity contribution in [2.24, 2.45) is 0 Å². The van der Waals surface area contributed by atoms with Gasteiger partial charge < -0.3 is 10.2 Å². The summed E-state index contributed by atoms with van der Waals surface area (Å²) in [6.45, 7) is 1.93. The van der Waals surface area contributed by atoms with Gasteiger partial charge in [0.25, 0.3) is 11.6 Å². The number of halogens is 1. The van der Waals surface area contributed by atoms with E-state index in [1.807, 2.05) is 0 Å². The number of anilines is 1. The highest BCUT2D eigenvalue weighted by Crippen LogP contribution is 2.27. The molecule has 2 aromatic rings. The van der Waals surface area contributed by atoms with Crippen LogP contribution in [0, 0.1) is 17.0 Å². The first-order valence-corrected chi connectivity index (χ1v) is 7.82. The van der Waals surface area contributed by atoms with Gasteiger partial charge in [-0.1, -0.05) is 11.6 Å². The van der Waals surface area contributed by atoms with Crippen LogP contribution in [-0.2, 0) is 6.54 Å². The average Bonchev–Trinajstić information content (AvgIpc) is 2.89. The number of nitro groups is 1. The Hall–Kier alpha value is -2.19. The molecule has 0 radical (unpaired) electrons. The van der Waals surface area contributed by atoms with E-state index in [9.17, 15) is 14.9 Å². The summed E-state index contributed by atoms with van der Waals surface area (Å²) in [7, 11) is 3.34. The highest BCUT2D eigenvalue weighted by molar-refractivity contribution is 7.10. The number of nitro benzene ring substituents is 1. The van der Waals surface area contributed by atoms with E-state index in [2.05, 4.69) is 9.69 Å². The normalized spacial score (nSPS) is 10.4. The summed E-state index contributed by atoms with van der Waals surface area (Å²) in [6, 6.07) is 4.17. The zero-order valence-corrected chi connectivity index (χ0v) is 14.4. The fourth-order valence-electron chi connectivity index (χ4n) is 2.11. The Kier molecular flexibility index (Phi) is 5.17. The van der Waals surface area contributed by atoms with Crippen LogP contribution in [0.4, 0.5) is 10.7 Å². The van der Waals surface area contributed by atoms with Gasteiger partial charge in [0.15, 0.2) is 0 Å². The fourth-order valence-corrected chi connectivity index (χ4v) is 3.02. The van der Waals surface area contributed by atoms with Crippen LogP contribution >= 0.6 is 23.1 Å². The number of amides is 1. The Balaban J connectivity index is 2.26. The number of rotatable bonds is 5. The Morgan fingerprint density at radius 3 is 2.83 bits per heavy atom. The van der Waals surface area contributed by atoms with E-state index in [1.165, 1.54) is 34.6 Å². The van der Waals surface area contributed by atoms with Crippen LogP contribution in [0.25, 0.3) is 0 Å². The molecule has 0 unspecified atom stereocenters. The minimum Gasteiger partial charge on any atom is -0.378 e. The number of carbonyl (C=O) groups excluding carboxylic acids is 1. The molecule has 0 aliphatic heterocycles. The smallest absolute Gasteiger partial charge is 0.269 e. The molecule has 0 spiro atoms. The molecule has 1 N–H and O–H groups in total. The number of benzene rings is 1. The lowest BCUT2D eigenvalue weighted by Gasteiger charge is -2.18. The number of nitrogens with zero attached hydrogens (tertiary/aromatic N) is 3. The maximum Gasteiger partial charge on any atom is 0.269 e. The molecule has 122 valence electrons. The van der Waals surface area contributed by atoms with Crippen molar-refractivity contribution >= 4 is 39.7 Å². The molecular weight excluding hydrogens is 340 g/mol. The number of aryl methyl sites for hydroxylation is 1. The van der Waals surface area contributed by atoms with Crippen molar-refractivity contribution in [3.63, 3.8) is 0 Å². The summed E-state index contributed by atoms with van der Waals surface area (Å²) >= 11 is 7.29. The standard InChI is InChI=1S/C14H15ClN4O3S/c1-8-12(13(16-2)23-17-8)14(20)18(3)7-9-6-10(19(21)22)4-5-11(9)15/h4-6,16H,7H2,1-3H3. The fraction of sp³-hybridized carbons (Fsp3) is 0.286. The summed E-state index contributed by atoms with van der Waals surface area (Å²) in [5.41, 5.74) is 1.60. The van der Waals surface area contributed by atoms with Crippen molar-refractivity contribution in [2.75, 3.05) is 19.4 Å². The molecule has 0 saturated heterocycles. The van der Waals surface area contributed by atoms with Crippen LogP contribution in [0.15, 0.2) is 18.2 Å².